The maximum Gasteiger partial charge on any atom is 0.345 e. The van der Waals surface area contributed by atoms with E-state index in [1.807, 2.05) is 13.8 Å². The number of carbonyl (C=O) groups is 1. The van der Waals surface area contributed by atoms with Gasteiger partial charge in [-0.3, -0.25) is 4.79 Å². The smallest absolute Gasteiger partial charge is 0.345 e. The van der Waals surface area contributed by atoms with Crippen LogP contribution in [0.5, 0.6) is 0 Å². The summed E-state index contributed by atoms with van der Waals surface area (Å²) >= 11 is 0. The van der Waals surface area contributed by atoms with Crippen LogP contribution in [-0.2, 0) is 6.42 Å². The number of H-pyrrole nitrogens is 1. The molecule has 0 saturated heterocycles. The Kier molecular flexibility index (Phi) is 5.51. The van der Waals surface area contributed by atoms with Crippen LogP contribution >= 0.6 is 0 Å². The molecule has 0 aliphatic carbocycles. The minimum Gasteiger partial charge on any atom is -0.351 e. The molecule has 0 spiro atoms. The summed E-state index contributed by atoms with van der Waals surface area (Å²) in [6.07, 6.45) is 1.41. The Morgan fingerprint density at radius 3 is 2.89 bits per heavy atom. The molecule has 1 aromatic heterocycles. The monoisotopic (exact) mass is 252 g/mol. The summed E-state index contributed by atoms with van der Waals surface area (Å²) in [6, 6.07) is 1.62. The fourth-order valence-corrected chi connectivity index (χ4v) is 1.57. The summed E-state index contributed by atoms with van der Waals surface area (Å²) in [5, 5.41) is 2.67. The molecule has 0 bridgehead atoms. The van der Waals surface area contributed by atoms with Crippen molar-refractivity contribution in [2.75, 3.05) is 13.1 Å². The molecule has 100 valence electrons. The van der Waals surface area contributed by atoms with Crippen molar-refractivity contribution < 1.29 is 4.79 Å². The van der Waals surface area contributed by atoms with Gasteiger partial charge < -0.3 is 16.0 Å². The molecule has 4 N–H and O–H groups in total. The Morgan fingerprint density at radius 2 is 2.28 bits per heavy atom. The van der Waals surface area contributed by atoms with E-state index < -0.39 is 5.69 Å². The predicted molar refractivity (Wildman–Crippen MR) is 69.4 cm³/mol. The highest BCUT2D eigenvalue weighted by Crippen LogP contribution is 2.04. The zero-order valence-corrected chi connectivity index (χ0v) is 10.8. The van der Waals surface area contributed by atoms with Crippen molar-refractivity contribution in [2.45, 2.75) is 26.7 Å². The molecule has 0 aliphatic rings. The van der Waals surface area contributed by atoms with Gasteiger partial charge in [0, 0.05) is 12.2 Å². The maximum absolute atomic E-state index is 11.7. The van der Waals surface area contributed by atoms with Crippen LogP contribution in [0.2, 0.25) is 0 Å². The molecule has 0 fully saturated rings. The van der Waals surface area contributed by atoms with E-state index in [0.29, 0.717) is 31.8 Å². The molecule has 1 heterocycles. The van der Waals surface area contributed by atoms with Gasteiger partial charge in [-0.15, -0.1) is 0 Å². The molecule has 0 atom stereocenters. The second-order valence-electron chi connectivity index (χ2n) is 4.59. The zero-order valence-electron chi connectivity index (χ0n) is 10.8. The SMILES string of the molecule is CC(C)Cc1cc(C(=O)NCCCN)nc(=O)[nH]1. The molecule has 1 rings (SSSR count). The summed E-state index contributed by atoms with van der Waals surface area (Å²) in [7, 11) is 0. The lowest BCUT2D eigenvalue weighted by Crippen LogP contribution is -2.29. The van der Waals surface area contributed by atoms with Gasteiger partial charge in [0.25, 0.3) is 5.91 Å². The number of rotatable bonds is 6. The Morgan fingerprint density at radius 1 is 1.56 bits per heavy atom. The fraction of sp³-hybridized carbons (Fsp3) is 0.583. The third-order valence-corrected chi connectivity index (χ3v) is 2.33. The fourth-order valence-electron chi connectivity index (χ4n) is 1.57. The van der Waals surface area contributed by atoms with Crippen LogP contribution in [0.1, 0.15) is 36.5 Å². The number of hydrogen-bond acceptors (Lipinski definition) is 4. The molecule has 6 nitrogen and oxygen atoms in total. The van der Waals surface area contributed by atoms with Crippen LogP contribution < -0.4 is 16.7 Å². The molecule has 1 aromatic rings. The molecule has 6 heteroatoms. The number of hydrogen-bond donors (Lipinski definition) is 3. The Balaban J connectivity index is 2.78. The second kappa shape index (κ2) is 6.90. The lowest BCUT2D eigenvalue weighted by atomic mass is 10.1. The van der Waals surface area contributed by atoms with E-state index in [1.165, 1.54) is 0 Å². The van der Waals surface area contributed by atoms with Crippen molar-refractivity contribution in [2.24, 2.45) is 11.7 Å². The minimum atomic E-state index is -0.489. The van der Waals surface area contributed by atoms with Crippen molar-refractivity contribution in [3.63, 3.8) is 0 Å². The van der Waals surface area contributed by atoms with Crippen molar-refractivity contribution >= 4 is 5.91 Å². The lowest BCUT2D eigenvalue weighted by molar-refractivity contribution is 0.0948. The number of amides is 1. The first kappa shape index (κ1) is 14.4. The Labute approximate surface area is 106 Å². The van der Waals surface area contributed by atoms with Gasteiger partial charge >= 0.3 is 5.69 Å². The zero-order chi connectivity index (χ0) is 13.5. The van der Waals surface area contributed by atoms with Crippen LogP contribution in [0.15, 0.2) is 10.9 Å². The number of aromatic nitrogens is 2. The largest absolute Gasteiger partial charge is 0.351 e. The van der Waals surface area contributed by atoms with E-state index in [1.54, 1.807) is 6.07 Å². The van der Waals surface area contributed by atoms with Crippen LogP contribution in [-0.4, -0.2) is 29.0 Å². The van der Waals surface area contributed by atoms with Crippen LogP contribution in [0.4, 0.5) is 0 Å². The molecule has 0 unspecified atom stereocenters. The highest BCUT2D eigenvalue weighted by atomic mass is 16.2. The quantitative estimate of drug-likeness (QED) is 0.622. The van der Waals surface area contributed by atoms with Gasteiger partial charge in [-0.25, -0.2) is 4.79 Å². The lowest BCUT2D eigenvalue weighted by Gasteiger charge is -2.07. The molecule has 0 aliphatic heterocycles. The number of nitrogens with one attached hydrogen (secondary N) is 2. The van der Waals surface area contributed by atoms with Crippen LogP contribution in [0, 0.1) is 5.92 Å². The highest BCUT2D eigenvalue weighted by Gasteiger charge is 2.10. The Bertz CT molecular complexity index is 454. The standard InChI is InChI=1S/C12H20N4O2/c1-8(2)6-9-7-10(16-12(18)15-9)11(17)14-5-3-4-13/h7-8H,3-6,13H2,1-2H3,(H,14,17)(H,15,16,18). The Hall–Kier alpha value is -1.69. The highest BCUT2D eigenvalue weighted by molar-refractivity contribution is 5.92. The van der Waals surface area contributed by atoms with Crippen molar-refractivity contribution in [1.29, 1.82) is 0 Å². The normalized spacial score (nSPS) is 10.7. The van der Waals surface area contributed by atoms with Gasteiger partial charge in [0.1, 0.15) is 5.69 Å². The minimum absolute atomic E-state index is 0.159. The van der Waals surface area contributed by atoms with E-state index in [0.717, 1.165) is 5.69 Å². The molecular weight excluding hydrogens is 232 g/mol. The first-order valence-corrected chi connectivity index (χ1v) is 6.11. The van der Waals surface area contributed by atoms with E-state index in [-0.39, 0.29) is 11.6 Å². The number of carbonyl (C=O) groups excluding carboxylic acids is 1. The number of aromatic amines is 1. The van der Waals surface area contributed by atoms with Gasteiger partial charge in [0.15, 0.2) is 0 Å². The molecule has 0 saturated carbocycles. The van der Waals surface area contributed by atoms with Gasteiger partial charge in [-0.2, -0.15) is 4.98 Å². The second-order valence-corrected chi connectivity index (χ2v) is 4.59. The van der Waals surface area contributed by atoms with Gasteiger partial charge in [0.05, 0.1) is 0 Å². The van der Waals surface area contributed by atoms with Crippen molar-refractivity contribution in [1.82, 2.24) is 15.3 Å². The molecule has 0 aromatic carbocycles. The van der Waals surface area contributed by atoms with Crippen molar-refractivity contribution in [3.8, 4) is 0 Å². The first-order chi connectivity index (χ1) is 8.52. The van der Waals surface area contributed by atoms with Crippen LogP contribution in [0.25, 0.3) is 0 Å². The average molecular weight is 252 g/mol. The molecular formula is C12H20N4O2. The third-order valence-electron chi connectivity index (χ3n) is 2.33. The summed E-state index contributed by atoms with van der Waals surface area (Å²) < 4.78 is 0. The average Bonchev–Trinajstić information content (AvgIpc) is 2.27. The molecule has 18 heavy (non-hydrogen) atoms. The number of nitrogens with two attached hydrogens (primary N) is 1. The summed E-state index contributed by atoms with van der Waals surface area (Å²) in [4.78, 5) is 29.4. The molecule has 0 radical (unpaired) electrons. The predicted octanol–water partition coefficient (Wildman–Crippen LogP) is 0.0470. The third kappa shape index (κ3) is 4.67. The number of nitrogens with zero attached hydrogens (tertiary/aromatic N) is 1. The summed E-state index contributed by atoms with van der Waals surface area (Å²) in [5.41, 5.74) is 5.74. The van der Waals surface area contributed by atoms with E-state index in [9.17, 15) is 9.59 Å². The van der Waals surface area contributed by atoms with E-state index in [2.05, 4.69) is 15.3 Å². The summed E-state index contributed by atoms with van der Waals surface area (Å²) in [6.45, 7) is 5.09. The van der Waals surface area contributed by atoms with Gasteiger partial charge in [-0.1, -0.05) is 13.8 Å². The van der Waals surface area contributed by atoms with Gasteiger partial charge in [-0.05, 0) is 31.4 Å². The maximum atomic E-state index is 11.7. The molecule has 1 amide bonds. The van der Waals surface area contributed by atoms with E-state index in [4.69, 9.17) is 5.73 Å². The van der Waals surface area contributed by atoms with Crippen LogP contribution in [0.3, 0.4) is 0 Å². The first-order valence-electron chi connectivity index (χ1n) is 6.11. The van der Waals surface area contributed by atoms with E-state index >= 15 is 0 Å². The summed E-state index contributed by atoms with van der Waals surface area (Å²) in [5.74, 6) is 0.0655. The topological polar surface area (TPSA) is 101 Å². The van der Waals surface area contributed by atoms with Crippen molar-refractivity contribution in [3.05, 3.63) is 27.9 Å². The van der Waals surface area contributed by atoms with Gasteiger partial charge in [0.2, 0.25) is 0 Å².